The molecule has 4 rings (SSSR count). The van der Waals surface area contributed by atoms with E-state index in [-0.39, 0.29) is 30.6 Å². The van der Waals surface area contributed by atoms with Crippen LogP contribution in [-0.2, 0) is 27.4 Å². The molecule has 3 N–H and O–H groups in total. The smallest absolute Gasteiger partial charge is 0.354 e. The van der Waals surface area contributed by atoms with Gasteiger partial charge in [0.25, 0.3) is 0 Å². The summed E-state index contributed by atoms with van der Waals surface area (Å²) in [7, 11) is -3.50. The number of amides is 1. The molecule has 0 unspecified atom stereocenters. The highest BCUT2D eigenvalue weighted by molar-refractivity contribution is 7.88. The highest BCUT2D eigenvalue weighted by Gasteiger charge is 2.38. The predicted octanol–water partition coefficient (Wildman–Crippen LogP) is 2.25. The second-order valence-electron chi connectivity index (χ2n) is 7.83. The lowest BCUT2D eigenvalue weighted by atomic mass is 10.1. The summed E-state index contributed by atoms with van der Waals surface area (Å²) in [6, 6.07) is 4.55. The van der Waals surface area contributed by atoms with E-state index in [0.717, 1.165) is 18.0 Å². The van der Waals surface area contributed by atoms with Crippen LogP contribution in [0.1, 0.15) is 24.0 Å². The van der Waals surface area contributed by atoms with Crippen LogP contribution < -0.4 is 20.3 Å². The minimum atomic E-state index is -4.68. The second-order valence-corrected chi connectivity index (χ2v) is 9.61. The van der Waals surface area contributed by atoms with Crippen LogP contribution in [0.15, 0.2) is 24.4 Å². The number of fused-ring (bicyclic) bond motifs is 1. The van der Waals surface area contributed by atoms with E-state index in [1.54, 1.807) is 18.2 Å². The Hall–Kier alpha value is -2.93. The van der Waals surface area contributed by atoms with Gasteiger partial charge in [-0.1, -0.05) is 0 Å². The van der Waals surface area contributed by atoms with E-state index in [4.69, 9.17) is 0 Å². The van der Waals surface area contributed by atoms with E-state index in [1.165, 1.54) is 4.90 Å². The van der Waals surface area contributed by atoms with E-state index >= 15 is 0 Å². The van der Waals surface area contributed by atoms with Crippen LogP contribution in [-0.4, -0.2) is 49.7 Å². The Labute approximate surface area is 182 Å². The van der Waals surface area contributed by atoms with Gasteiger partial charge < -0.3 is 15.5 Å². The molecule has 2 aromatic rings. The number of nitrogens with one attached hydrogen (secondary N) is 3. The average molecular weight is 470 g/mol. The largest absolute Gasteiger partial charge is 0.421 e. The van der Waals surface area contributed by atoms with Crippen LogP contribution in [0.5, 0.6) is 0 Å². The highest BCUT2D eigenvalue weighted by Crippen LogP contribution is 2.37. The normalized spacial score (nSPS) is 18.9. The van der Waals surface area contributed by atoms with Crippen molar-refractivity contribution in [2.24, 2.45) is 0 Å². The standard InChI is InChI=1S/C19H21F3N6O3S/c1-32(30,31)27-13-3-2-6-28(10-13)17-14(19(20,21)22)9-23-18(26-17)24-12-4-5-15-11(7-12)8-16(29)25-15/h4-5,7,9,13,27H,2-3,6,8,10H2,1H3,(H,25,29)(H,23,24,26)/t13-/m0/s1. The number of anilines is 4. The van der Waals surface area contributed by atoms with Crippen molar-refractivity contribution in [2.45, 2.75) is 31.5 Å². The van der Waals surface area contributed by atoms with Gasteiger partial charge >= 0.3 is 6.18 Å². The van der Waals surface area contributed by atoms with Crippen molar-refractivity contribution < 1.29 is 26.4 Å². The Morgan fingerprint density at radius 1 is 1.28 bits per heavy atom. The summed E-state index contributed by atoms with van der Waals surface area (Å²) in [4.78, 5) is 20.9. The van der Waals surface area contributed by atoms with E-state index in [9.17, 15) is 26.4 Å². The van der Waals surface area contributed by atoms with Crippen molar-refractivity contribution in [3.8, 4) is 0 Å². The van der Waals surface area contributed by atoms with Gasteiger partial charge in [-0.05, 0) is 36.6 Å². The lowest BCUT2D eigenvalue weighted by molar-refractivity contribution is -0.137. The van der Waals surface area contributed by atoms with E-state index < -0.39 is 27.8 Å². The van der Waals surface area contributed by atoms with E-state index in [2.05, 4.69) is 25.3 Å². The second kappa shape index (κ2) is 8.20. The van der Waals surface area contributed by atoms with Gasteiger partial charge in [0.15, 0.2) is 0 Å². The summed E-state index contributed by atoms with van der Waals surface area (Å²) in [5.41, 5.74) is 0.984. The van der Waals surface area contributed by atoms with Crippen molar-refractivity contribution in [1.82, 2.24) is 14.7 Å². The molecular weight excluding hydrogens is 449 g/mol. The van der Waals surface area contributed by atoms with Crippen LogP contribution in [0.3, 0.4) is 0 Å². The molecule has 3 heterocycles. The quantitative estimate of drug-likeness (QED) is 0.614. The van der Waals surface area contributed by atoms with Crippen LogP contribution in [0.2, 0.25) is 0 Å². The molecule has 0 spiro atoms. The van der Waals surface area contributed by atoms with E-state index in [1.807, 2.05) is 0 Å². The number of piperidine rings is 1. The van der Waals surface area contributed by atoms with Gasteiger partial charge in [-0.3, -0.25) is 4.79 Å². The van der Waals surface area contributed by atoms with Crippen LogP contribution >= 0.6 is 0 Å². The van der Waals surface area contributed by atoms with Gasteiger partial charge in [-0.15, -0.1) is 0 Å². The van der Waals surface area contributed by atoms with Crippen molar-refractivity contribution >= 4 is 39.1 Å². The molecule has 13 heteroatoms. The SMILES string of the molecule is CS(=O)(=O)N[C@H]1CCCN(c2nc(Nc3ccc4c(c3)CC(=O)N4)ncc2C(F)(F)F)C1. The summed E-state index contributed by atoms with van der Waals surface area (Å²) in [6.07, 6.45) is -1.71. The van der Waals surface area contributed by atoms with Gasteiger partial charge in [-0.25, -0.2) is 18.1 Å². The zero-order valence-electron chi connectivity index (χ0n) is 17.0. The molecule has 0 bridgehead atoms. The number of carbonyl (C=O) groups excluding carboxylic acids is 1. The summed E-state index contributed by atoms with van der Waals surface area (Å²) in [5, 5.41) is 5.60. The van der Waals surface area contributed by atoms with Gasteiger partial charge in [-0.2, -0.15) is 18.2 Å². The highest BCUT2D eigenvalue weighted by atomic mass is 32.2. The third-order valence-electron chi connectivity index (χ3n) is 5.16. The molecular formula is C19H21F3N6O3S. The fourth-order valence-electron chi connectivity index (χ4n) is 3.88. The molecule has 0 radical (unpaired) electrons. The Balaban J connectivity index is 1.62. The first kappa shape index (κ1) is 22.3. The summed E-state index contributed by atoms with van der Waals surface area (Å²) < 4.78 is 66.5. The first-order chi connectivity index (χ1) is 15.0. The molecule has 0 saturated carbocycles. The number of benzene rings is 1. The number of carbonyl (C=O) groups is 1. The zero-order chi connectivity index (χ0) is 23.1. The number of hydrogen-bond acceptors (Lipinski definition) is 7. The van der Waals surface area contributed by atoms with Crippen molar-refractivity contribution in [1.29, 1.82) is 0 Å². The number of rotatable bonds is 5. The number of aromatic nitrogens is 2. The molecule has 9 nitrogen and oxygen atoms in total. The summed E-state index contributed by atoms with van der Waals surface area (Å²) in [5.74, 6) is -0.482. The molecule has 2 aliphatic rings. The number of hydrogen-bond donors (Lipinski definition) is 3. The average Bonchev–Trinajstić information content (AvgIpc) is 3.05. The first-order valence-corrected chi connectivity index (χ1v) is 11.7. The monoisotopic (exact) mass is 470 g/mol. The van der Waals surface area contributed by atoms with Crippen LogP contribution in [0.25, 0.3) is 0 Å². The van der Waals surface area contributed by atoms with E-state index in [0.29, 0.717) is 30.8 Å². The van der Waals surface area contributed by atoms with Gasteiger partial charge in [0, 0.05) is 36.7 Å². The van der Waals surface area contributed by atoms with Crippen molar-refractivity contribution in [2.75, 3.05) is 34.9 Å². The Morgan fingerprint density at radius 3 is 2.78 bits per heavy atom. The fourth-order valence-corrected chi connectivity index (χ4v) is 4.68. The lowest BCUT2D eigenvalue weighted by Crippen LogP contribution is -2.48. The first-order valence-electron chi connectivity index (χ1n) is 9.84. The third kappa shape index (κ3) is 5.10. The number of sulfonamides is 1. The number of alkyl halides is 3. The lowest BCUT2D eigenvalue weighted by Gasteiger charge is -2.34. The summed E-state index contributed by atoms with van der Waals surface area (Å²) >= 11 is 0. The fraction of sp³-hybridized carbons (Fsp3) is 0.421. The molecule has 1 amide bonds. The maximum atomic E-state index is 13.6. The zero-order valence-corrected chi connectivity index (χ0v) is 17.8. The van der Waals surface area contributed by atoms with Crippen molar-refractivity contribution in [3.05, 3.63) is 35.5 Å². The Bertz CT molecular complexity index is 1160. The van der Waals surface area contributed by atoms with Crippen molar-refractivity contribution in [3.63, 3.8) is 0 Å². The molecule has 1 aromatic heterocycles. The minimum absolute atomic E-state index is 0.0385. The molecule has 172 valence electrons. The van der Waals surface area contributed by atoms with Gasteiger partial charge in [0.2, 0.25) is 21.9 Å². The number of nitrogens with zero attached hydrogens (tertiary/aromatic N) is 3. The molecule has 32 heavy (non-hydrogen) atoms. The minimum Gasteiger partial charge on any atom is -0.354 e. The maximum absolute atomic E-state index is 13.6. The van der Waals surface area contributed by atoms with Gasteiger partial charge in [0.1, 0.15) is 11.4 Å². The Kier molecular flexibility index (Phi) is 5.71. The topological polar surface area (TPSA) is 116 Å². The number of halogens is 3. The predicted molar refractivity (Wildman–Crippen MR) is 112 cm³/mol. The molecule has 1 atom stereocenters. The van der Waals surface area contributed by atoms with Crippen LogP contribution in [0, 0.1) is 0 Å². The third-order valence-corrected chi connectivity index (χ3v) is 5.92. The summed E-state index contributed by atoms with van der Waals surface area (Å²) in [6.45, 7) is 0.354. The molecule has 1 fully saturated rings. The maximum Gasteiger partial charge on any atom is 0.421 e. The molecule has 0 aliphatic carbocycles. The van der Waals surface area contributed by atoms with Gasteiger partial charge in [0.05, 0.1) is 12.7 Å². The molecule has 1 saturated heterocycles. The van der Waals surface area contributed by atoms with Crippen LogP contribution in [0.4, 0.5) is 36.3 Å². The molecule has 2 aliphatic heterocycles. The Morgan fingerprint density at radius 2 is 2.06 bits per heavy atom. The molecule has 1 aromatic carbocycles.